The molecular formula is C20H27N3O. The number of nitrogens with zero attached hydrogens (tertiary/aromatic N) is 2. The van der Waals surface area contributed by atoms with Gasteiger partial charge >= 0.3 is 0 Å². The van der Waals surface area contributed by atoms with Crippen molar-refractivity contribution in [3.8, 4) is 0 Å². The molecule has 4 nitrogen and oxygen atoms in total. The molecule has 1 heterocycles. The Labute approximate surface area is 144 Å². The van der Waals surface area contributed by atoms with Crippen LogP contribution < -0.4 is 5.32 Å². The first-order chi connectivity index (χ1) is 11.5. The summed E-state index contributed by atoms with van der Waals surface area (Å²) in [7, 11) is 1.84. The topological polar surface area (TPSA) is 45.2 Å². The van der Waals surface area contributed by atoms with E-state index in [1.165, 1.54) is 5.56 Å². The second kappa shape index (κ2) is 8.48. The Balaban J connectivity index is 2.08. The first-order valence-electron chi connectivity index (χ1n) is 8.59. The van der Waals surface area contributed by atoms with E-state index in [4.69, 9.17) is 0 Å². The van der Waals surface area contributed by atoms with Crippen molar-refractivity contribution in [1.29, 1.82) is 0 Å². The Morgan fingerprint density at radius 3 is 2.54 bits per heavy atom. The zero-order valence-electron chi connectivity index (χ0n) is 15.0. The lowest BCUT2D eigenvalue weighted by Crippen LogP contribution is -2.27. The first kappa shape index (κ1) is 18.0. The standard InChI is InChI=1S/C20H27N3O/c1-5-6-13-23(4)20(24)17-11-12-21-19(14-17)22-18-9-7-16(8-10-18)15(2)3/h7-12,14-15H,5-6,13H2,1-4H3,(H,21,22). The van der Waals surface area contributed by atoms with Gasteiger partial charge in [-0.2, -0.15) is 0 Å². The molecule has 0 unspecified atom stereocenters. The number of carbonyl (C=O) groups is 1. The van der Waals surface area contributed by atoms with Crippen molar-refractivity contribution in [1.82, 2.24) is 9.88 Å². The second-order valence-corrected chi connectivity index (χ2v) is 6.41. The van der Waals surface area contributed by atoms with Gasteiger partial charge in [0.15, 0.2) is 0 Å². The number of carbonyl (C=O) groups excluding carboxylic acids is 1. The molecule has 0 atom stereocenters. The van der Waals surface area contributed by atoms with Gasteiger partial charge < -0.3 is 10.2 Å². The molecule has 2 rings (SSSR count). The van der Waals surface area contributed by atoms with Crippen LogP contribution >= 0.6 is 0 Å². The molecule has 0 spiro atoms. The highest BCUT2D eigenvalue weighted by atomic mass is 16.2. The molecule has 0 saturated carbocycles. The van der Waals surface area contributed by atoms with Crippen LogP contribution in [-0.4, -0.2) is 29.4 Å². The van der Waals surface area contributed by atoms with E-state index >= 15 is 0 Å². The molecule has 1 aromatic carbocycles. The number of hydrogen-bond acceptors (Lipinski definition) is 3. The summed E-state index contributed by atoms with van der Waals surface area (Å²) in [6.07, 6.45) is 3.76. The van der Waals surface area contributed by atoms with Gasteiger partial charge in [0.25, 0.3) is 5.91 Å². The molecule has 0 saturated heterocycles. The highest BCUT2D eigenvalue weighted by Gasteiger charge is 2.12. The molecule has 1 amide bonds. The lowest BCUT2D eigenvalue weighted by Gasteiger charge is -2.17. The van der Waals surface area contributed by atoms with Crippen molar-refractivity contribution >= 4 is 17.4 Å². The summed E-state index contributed by atoms with van der Waals surface area (Å²) in [4.78, 5) is 18.5. The van der Waals surface area contributed by atoms with E-state index in [9.17, 15) is 4.79 Å². The van der Waals surface area contributed by atoms with Gasteiger partial charge in [-0.3, -0.25) is 4.79 Å². The molecule has 0 aliphatic heterocycles. The van der Waals surface area contributed by atoms with Crippen LogP contribution in [0, 0.1) is 0 Å². The number of rotatable bonds is 7. The zero-order chi connectivity index (χ0) is 17.5. The van der Waals surface area contributed by atoms with Crippen molar-refractivity contribution in [3.63, 3.8) is 0 Å². The molecule has 0 fully saturated rings. The highest BCUT2D eigenvalue weighted by molar-refractivity contribution is 5.94. The molecule has 24 heavy (non-hydrogen) atoms. The van der Waals surface area contributed by atoms with Gasteiger partial charge in [0.05, 0.1) is 0 Å². The number of unbranched alkanes of at least 4 members (excludes halogenated alkanes) is 1. The zero-order valence-corrected chi connectivity index (χ0v) is 15.0. The average molecular weight is 325 g/mol. The number of hydrogen-bond donors (Lipinski definition) is 1. The molecule has 128 valence electrons. The Hall–Kier alpha value is -2.36. The fourth-order valence-electron chi connectivity index (χ4n) is 2.45. The summed E-state index contributed by atoms with van der Waals surface area (Å²) in [5.74, 6) is 1.22. The normalized spacial score (nSPS) is 10.7. The Bertz CT molecular complexity index is 665. The van der Waals surface area contributed by atoms with E-state index in [0.717, 1.165) is 25.1 Å². The van der Waals surface area contributed by atoms with Gasteiger partial charge in [-0.1, -0.05) is 39.3 Å². The monoisotopic (exact) mass is 325 g/mol. The summed E-state index contributed by atoms with van der Waals surface area (Å²) in [6.45, 7) is 7.25. The van der Waals surface area contributed by atoms with E-state index in [1.807, 2.05) is 19.2 Å². The van der Waals surface area contributed by atoms with E-state index in [1.54, 1.807) is 23.2 Å². The van der Waals surface area contributed by atoms with Crippen molar-refractivity contribution in [2.45, 2.75) is 39.5 Å². The molecule has 0 bridgehead atoms. The lowest BCUT2D eigenvalue weighted by molar-refractivity contribution is 0.0793. The van der Waals surface area contributed by atoms with Gasteiger partial charge in [0, 0.05) is 31.0 Å². The van der Waals surface area contributed by atoms with Gasteiger partial charge in [0.2, 0.25) is 0 Å². The van der Waals surface area contributed by atoms with Crippen LogP contribution in [-0.2, 0) is 0 Å². The largest absolute Gasteiger partial charge is 0.342 e. The minimum absolute atomic E-state index is 0.0315. The number of aromatic nitrogens is 1. The predicted octanol–water partition coefficient (Wildman–Crippen LogP) is 4.82. The Kier molecular flexibility index (Phi) is 6.36. The second-order valence-electron chi connectivity index (χ2n) is 6.41. The van der Waals surface area contributed by atoms with E-state index in [-0.39, 0.29) is 5.91 Å². The molecule has 1 N–H and O–H groups in total. The molecule has 2 aromatic rings. The number of anilines is 2. The van der Waals surface area contributed by atoms with Gasteiger partial charge in [-0.05, 0) is 42.2 Å². The minimum Gasteiger partial charge on any atom is -0.342 e. The molecule has 0 aliphatic rings. The fraction of sp³-hybridized carbons (Fsp3) is 0.400. The van der Waals surface area contributed by atoms with Gasteiger partial charge in [-0.25, -0.2) is 4.98 Å². The van der Waals surface area contributed by atoms with Crippen LogP contribution in [0.4, 0.5) is 11.5 Å². The van der Waals surface area contributed by atoms with Crippen LogP contribution in [0.15, 0.2) is 42.6 Å². The number of pyridine rings is 1. The predicted molar refractivity (Wildman–Crippen MR) is 99.9 cm³/mol. The smallest absolute Gasteiger partial charge is 0.253 e. The van der Waals surface area contributed by atoms with Crippen molar-refractivity contribution in [2.24, 2.45) is 0 Å². The fourth-order valence-corrected chi connectivity index (χ4v) is 2.45. The highest BCUT2D eigenvalue weighted by Crippen LogP contribution is 2.20. The van der Waals surface area contributed by atoms with Crippen LogP contribution in [0.3, 0.4) is 0 Å². The van der Waals surface area contributed by atoms with E-state index < -0.39 is 0 Å². The van der Waals surface area contributed by atoms with Crippen LogP contribution in [0.5, 0.6) is 0 Å². The molecule has 4 heteroatoms. The van der Waals surface area contributed by atoms with Crippen LogP contribution in [0.25, 0.3) is 0 Å². The Morgan fingerprint density at radius 2 is 1.92 bits per heavy atom. The summed E-state index contributed by atoms with van der Waals surface area (Å²) in [5, 5.41) is 3.27. The van der Waals surface area contributed by atoms with Gasteiger partial charge in [-0.15, -0.1) is 0 Å². The van der Waals surface area contributed by atoms with Gasteiger partial charge in [0.1, 0.15) is 5.82 Å². The first-order valence-corrected chi connectivity index (χ1v) is 8.59. The summed E-state index contributed by atoms with van der Waals surface area (Å²) in [5.41, 5.74) is 2.93. The third-order valence-corrected chi connectivity index (χ3v) is 4.05. The molecule has 0 radical (unpaired) electrons. The van der Waals surface area contributed by atoms with Crippen molar-refractivity contribution < 1.29 is 4.79 Å². The lowest BCUT2D eigenvalue weighted by atomic mass is 10.0. The quantitative estimate of drug-likeness (QED) is 0.793. The summed E-state index contributed by atoms with van der Waals surface area (Å²) in [6, 6.07) is 11.9. The number of benzene rings is 1. The van der Waals surface area contributed by atoms with Crippen LogP contribution in [0.2, 0.25) is 0 Å². The number of amides is 1. The summed E-state index contributed by atoms with van der Waals surface area (Å²) >= 11 is 0. The molecular weight excluding hydrogens is 298 g/mol. The molecule has 1 aromatic heterocycles. The Morgan fingerprint density at radius 1 is 1.21 bits per heavy atom. The number of nitrogens with one attached hydrogen (secondary N) is 1. The third-order valence-electron chi connectivity index (χ3n) is 4.05. The van der Waals surface area contributed by atoms with E-state index in [0.29, 0.717) is 17.3 Å². The average Bonchev–Trinajstić information content (AvgIpc) is 2.59. The van der Waals surface area contributed by atoms with Crippen molar-refractivity contribution in [3.05, 3.63) is 53.7 Å². The maximum Gasteiger partial charge on any atom is 0.253 e. The van der Waals surface area contributed by atoms with Crippen LogP contribution in [0.1, 0.15) is 55.5 Å². The maximum absolute atomic E-state index is 12.4. The SMILES string of the molecule is CCCCN(C)C(=O)c1ccnc(Nc2ccc(C(C)C)cc2)c1. The van der Waals surface area contributed by atoms with Crippen molar-refractivity contribution in [2.75, 3.05) is 18.9 Å². The maximum atomic E-state index is 12.4. The van der Waals surface area contributed by atoms with E-state index in [2.05, 4.69) is 43.2 Å². The minimum atomic E-state index is 0.0315. The molecule has 0 aliphatic carbocycles. The summed E-state index contributed by atoms with van der Waals surface area (Å²) < 4.78 is 0. The third kappa shape index (κ3) is 4.82.